The van der Waals surface area contributed by atoms with E-state index in [-0.39, 0.29) is 17.6 Å². The van der Waals surface area contributed by atoms with Gasteiger partial charge in [-0.3, -0.25) is 4.68 Å². The maximum Gasteiger partial charge on any atom is 0.292 e. The molecule has 0 radical (unpaired) electrons. The SMILES string of the molecule is CC(c1nn(-c2ccn(C)n2)c2cc(F)ccc12)n1nc(-c2ccc3oc(N)nc3c2)c2c(N)ncnc21. The Labute approximate surface area is 213 Å². The predicted molar refractivity (Wildman–Crippen MR) is 139 cm³/mol. The number of halogens is 1. The fraction of sp³-hybridized carbons (Fsp3) is 0.120. The number of nitrogens with two attached hydrogens (primary N) is 2. The summed E-state index contributed by atoms with van der Waals surface area (Å²) >= 11 is 0. The highest BCUT2D eigenvalue weighted by molar-refractivity contribution is 5.99. The van der Waals surface area contributed by atoms with Crippen molar-refractivity contribution in [2.24, 2.45) is 7.05 Å². The lowest BCUT2D eigenvalue weighted by Gasteiger charge is -2.11. The van der Waals surface area contributed by atoms with E-state index in [2.05, 4.69) is 20.1 Å². The van der Waals surface area contributed by atoms with Gasteiger partial charge in [-0.1, -0.05) is 0 Å². The molecule has 13 heteroatoms. The van der Waals surface area contributed by atoms with Crippen LogP contribution in [0.4, 0.5) is 16.2 Å². The van der Waals surface area contributed by atoms with E-state index in [0.29, 0.717) is 44.9 Å². The number of aromatic nitrogens is 9. The number of oxazole rings is 1. The lowest BCUT2D eigenvalue weighted by atomic mass is 10.1. The van der Waals surface area contributed by atoms with E-state index >= 15 is 0 Å². The summed E-state index contributed by atoms with van der Waals surface area (Å²) in [5, 5.41) is 15.6. The van der Waals surface area contributed by atoms with Crippen molar-refractivity contribution in [1.82, 2.24) is 44.3 Å². The van der Waals surface area contributed by atoms with Crippen molar-refractivity contribution in [2.75, 3.05) is 11.5 Å². The third kappa shape index (κ3) is 3.21. The zero-order valence-electron chi connectivity index (χ0n) is 20.2. The van der Waals surface area contributed by atoms with Crippen LogP contribution in [-0.2, 0) is 7.05 Å². The highest BCUT2D eigenvalue weighted by Crippen LogP contribution is 2.36. The van der Waals surface area contributed by atoms with E-state index in [0.717, 1.165) is 10.9 Å². The van der Waals surface area contributed by atoms with Crippen LogP contribution in [0.1, 0.15) is 18.7 Å². The van der Waals surface area contributed by atoms with E-state index in [1.54, 1.807) is 32.4 Å². The lowest BCUT2D eigenvalue weighted by Crippen LogP contribution is -2.11. The van der Waals surface area contributed by atoms with Gasteiger partial charge in [0.05, 0.1) is 22.6 Å². The molecule has 2 aromatic carbocycles. The molecule has 0 amide bonds. The van der Waals surface area contributed by atoms with Crippen LogP contribution in [0.3, 0.4) is 0 Å². The first-order chi connectivity index (χ1) is 18.4. The standard InChI is InChI=1S/C25H20FN11O/c1-12(21-15-5-4-14(26)10-17(15)37(33-21)19-7-8-35(2)32-19)36-24-20(23(27)29-11-30-24)22(34-36)13-3-6-18-16(9-13)31-25(28)38-18/h3-12H,1-2H3,(H2,28,31)(H2,27,29,30). The van der Waals surface area contributed by atoms with Crippen LogP contribution in [-0.4, -0.2) is 44.3 Å². The number of anilines is 2. The molecule has 7 aromatic rings. The number of fused-ring (bicyclic) bond motifs is 3. The molecule has 0 saturated carbocycles. The molecule has 5 aromatic heterocycles. The van der Waals surface area contributed by atoms with E-state index in [1.807, 2.05) is 32.2 Å². The average Bonchev–Trinajstić information content (AvgIpc) is 3.66. The molecule has 0 aliphatic heterocycles. The van der Waals surface area contributed by atoms with Gasteiger partial charge in [-0.25, -0.2) is 23.7 Å². The molecule has 7 rings (SSSR count). The Morgan fingerprint density at radius 3 is 2.68 bits per heavy atom. The molecule has 0 fully saturated rings. The highest BCUT2D eigenvalue weighted by Gasteiger charge is 2.25. The normalized spacial score (nSPS) is 12.7. The number of nitrogens with zero attached hydrogens (tertiary/aromatic N) is 9. The second-order valence-electron chi connectivity index (χ2n) is 8.97. The first-order valence-corrected chi connectivity index (χ1v) is 11.7. The summed E-state index contributed by atoms with van der Waals surface area (Å²) in [6.07, 6.45) is 3.20. The number of hydrogen-bond acceptors (Lipinski definition) is 9. The van der Waals surface area contributed by atoms with Crippen LogP contribution in [0.5, 0.6) is 0 Å². The van der Waals surface area contributed by atoms with Crippen LogP contribution >= 0.6 is 0 Å². The summed E-state index contributed by atoms with van der Waals surface area (Å²) in [5.74, 6) is 0.485. The van der Waals surface area contributed by atoms with Gasteiger partial charge in [0.1, 0.15) is 29.2 Å². The van der Waals surface area contributed by atoms with Gasteiger partial charge >= 0.3 is 0 Å². The van der Waals surface area contributed by atoms with Crippen molar-refractivity contribution in [3.63, 3.8) is 0 Å². The predicted octanol–water partition coefficient (Wildman–Crippen LogP) is 3.62. The van der Waals surface area contributed by atoms with Gasteiger partial charge in [-0.15, -0.1) is 0 Å². The fourth-order valence-electron chi connectivity index (χ4n) is 4.79. The van der Waals surface area contributed by atoms with Crippen molar-refractivity contribution < 1.29 is 8.81 Å². The summed E-state index contributed by atoms with van der Waals surface area (Å²) in [6, 6.07) is 11.5. The van der Waals surface area contributed by atoms with Crippen LogP contribution in [0, 0.1) is 5.82 Å². The smallest absolute Gasteiger partial charge is 0.292 e. The maximum atomic E-state index is 14.3. The van der Waals surface area contributed by atoms with E-state index in [4.69, 9.17) is 26.1 Å². The zero-order valence-corrected chi connectivity index (χ0v) is 20.2. The lowest BCUT2D eigenvalue weighted by molar-refractivity contribution is 0.563. The second-order valence-corrected chi connectivity index (χ2v) is 8.97. The third-order valence-electron chi connectivity index (χ3n) is 6.55. The molecule has 0 aliphatic carbocycles. The van der Waals surface area contributed by atoms with Crippen molar-refractivity contribution in [2.45, 2.75) is 13.0 Å². The number of rotatable bonds is 4. The molecule has 0 aliphatic rings. The Kier molecular flexibility index (Phi) is 4.52. The molecule has 38 heavy (non-hydrogen) atoms. The largest absolute Gasteiger partial charge is 0.424 e. The summed E-state index contributed by atoms with van der Waals surface area (Å²) in [7, 11) is 1.81. The topological polar surface area (TPSA) is 157 Å². The van der Waals surface area contributed by atoms with Gasteiger partial charge in [0, 0.05) is 36.3 Å². The van der Waals surface area contributed by atoms with Crippen molar-refractivity contribution in [3.05, 3.63) is 66.5 Å². The highest BCUT2D eigenvalue weighted by atomic mass is 19.1. The Hall–Kier alpha value is -5.33. The maximum absolute atomic E-state index is 14.3. The van der Waals surface area contributed by atoms with Gasteiger partial charge in [-0.2, -0.15) is 20.3 Å². The Morgan fingerprint density at radius 1 is 1.00 bits per heavy atom. The Bertz CT molecular complexity index is 2010. The molecule has 5 heterocycles. The fourth-order valence-corrected chi connectivity index (χ4v) is 4.79. The Balaban J connectivity index is 1.44. The molecule has 12 nitrogen and oxygen atoms in total. The first kappa shape index (κ1) is 21.9. The number of benzene rings is 2. The van der Waals surface area contributed by atoms with Gasteiger partial charge in [0.25, 0.3) is 6.01 Å². The molecule has 188 valence electrons. The van der Waals surface area contributed by atoms with Crippen molar-refractivity contribution in [1.29, 1.82) is 0 Å². The average molecular weight is 510 g/mol. The molecule has 0 spiro atoms. The summed E-state index contributed by atoms with van der Waals surface area (Å²) < 4.78 is 24.7. The molecule has 4 N–H and O–H groups in total. The summed E-state index contributed by atoms with van der Waals surface area (Å²) in [5.41, 5.74) is 16.3. The second kappa shape index (κ2) is 7.83. The molecule has 0 saturated heterocycles. The Morgan fingerprint density at radius 2 is 1.87 bits per heavy atom. The number of aryl methyl sites for hydroxylation is 1. The quantitative estimate of drug-likeness (QED) is 0.361. The van der Waals surface area contributed by atoms with Gasteiger partial charge < -0.3 is 15.9 Å². The molecular formula is C25H20FN11O. The van der Waals surface area contributed by atoms with Crippen LogP contribution in [0.25, 0.3) is 50.1 Å². The minimum Gasteiger partial charge on any atom is -0.424 e. The van der Waals surface area contributed by atoms with Crippen LogP contribution < -0.4 is 11.5 Å². The zero-order chi connectivity index (χ0) is 26.1. The molecule has 1 atom stereocenters. The van der Waals surface area contributed by atoms with Crippen LogP contribution in [0.15, 0.2) is 59.4 Å². The van der Waals surface area contributed by atoms with E-state index < -0.39 is 6.04 Å². The third-order valence-corrected chi connectivity index (χ3v) is 6.55. The van der Waals surface area contributed by atoms with E-state index in [9.17, 15) is 4.39 Å². The van der Waals surface area contributed by atoms with Crippen LogP contribution in [0.2, 0.25) is 0 Å². The van der Waals surface area contributed by atoms with Crippen molar-refractivity contribution in [3.8, 4) is 17.1 Å². The van der Waals surface area contributed by atoms with Gasteiger partial charge in [0.15, 0.2) is 17.0 Å². The molecule has 1 unspecified atom stereocenters. The summed E-state index contributed by atoms with van der Waals surface area (Å²) in [6.45, 7) is 1.95. The van der Waals surface area contributed by atoms with E-state index in [1.165, 1.54) is 18.5 Å². The van der Waals surface area contributed by atoms with Gasteiger partial charge in [-0.05, 0) is 37.3 Å². The minimum atomic E-state index is -0.412. The first-order valence-electron chi connectivity index (χ1n) is 11.7. The molecule has 0 bridgehead atoms. The van der Waals surface area contributed by atoms with Crippen molar-refractivity contribution >= 4 is 44.9 Å². The number of nitrogen functional groups attached to an aromatic ring is 2. The van der Waals surface area contributed by atoms with Gasteiger partial charge in [0.2, 0.25) is 0 Å². The monoisotopic (exact) mass is 509 g/mol. The molecular weight excluding hydrogens is 489 g/mol. The minimum absolute atomic E-state index is 0.0795. The number of hydrogen-bond donors (Lipinski definition) is 2. The summed E-state index contributed by atoms with van der Waals surface area (Å²) in [4.78, 5) is 12.9.